The summed E-state index contributed by atoms with van der Waals surface area (Å²) in [5.74, 6) is 0.711. The SMILES string of the molecule is Cc1cccc(CCC(C)NC(C)c2nn[nH]n2)c1. The Hall–Kier alpha value is -1.75. The zero-order valence-corrected chi connectivity index (χ0v) is 11.7. The minimum absolute atomic E-state index is 0.117. The van der Waals surface area contributed by atoms with Gasteiger partial charge in [0.05, 0.1) is 6.04 Å². The van der Waals surface area contributed by atoms with E-state index in [0.717, 1.165) is 12.8 Å². The van der Waals surface area contributed by atoms with Gasteiger partial charge in [0.25, 0.3) is 0 Å². The number of nitrogens with zero attached hydrogens (tertiary/aromatic N) is 3. The molecule has 19 heavy (non-hydrogen) atoms. The monoisotopic (exact) mass is 259 g/mol. The summed E-state index contributed by atoms with van der Waals surface area (Å²) in [6, 6.07) is 9.20. The van der Waals surface area contributed by atoms with Crippen molar-refractivity contribution in [1.29, 1.82) is 0 Å². The Morgan fingerprint density at radius 1 is 1.32 bits per heavy atom. The Bertz CT molecular complexity index is 494. The van der Waals surface area contributed by atoms with E-state index < -0.39 is 0 Å². The largest absolute Gasteiger partial charge is 0.305 e. The van der Waals surface area contributed by atoms with Gasteiger partial charge in [-0.3, -0.25) is 0 Å². The number of hydrogen-bond donors (Lipinski definition) is 2. The van der Waals surface area contributed by atoms with E-state index >= 15 is 0 Å². The van der Waals surface area contributed by atoms with Crippen molar-refractivity contribution in [2.45, 2.75) is 45.7 Å². The first-order valence-corrected chi connectivity index (χ1v) is 6.70. The Kier molecular flexibility index (Phi) is 4.63. The molecule has 0 saturated carbocycles. The second-order valence-corrected chi connectivity index (χ2v) is 5.09. The number of aryl methyl sites for hydroxylation is 2. The number of rotatable bonds is 6. The van der Waals surface area contributed by atoms with Crippen LogP contribution in [0.3, 0.4) is 0 Å². The predicted octanol–water partition coefficient (Wildman–Crippen LogP) is 2.18. The number of aromatic amines is 1. The van der Waals surface area contributed by atoms with Crippen molar-refractivity contribution in [3.05, 3.63) is 41.2 Å². The van der Waals surface area contributed by atoms with Gasteiger partial charge >= 0.3 is 0 Å². The standard InChI is InChI=1S/C14H21N5/c1-10-5-4-6-13(9-10)8-7-11(2)15-12(3)14-16-18-19-17-14/h4-6,9,11-12,15H,7-8H2,1-3H3,(H,16,17,18,19). The molecule has 2 N–H and O–H groups in total. The first kappa shape index (κ1) is 13.7. The van der Waals surface area contributed by atoms with Gasteiger partial charge in [0, 0.05) is 6.04 Å². The molecule has 102 valence electrons. The van der Waals surface area contributed by atoms with E-state index in [1.165, 1.54) is 11.1 Å². The molecule has 0 fully saturated rings. The zero-order chi connectivity index (χ0) is 13.7. The predicted molar refractivity (Wildman–Crippen MR) is 74.7 cm³/mol. The van der Waals surface area contributed by atoms with Gasteiger partial charge < -0.3 is 5.32 Å². The fourth-order valence-corrected chi connectivity index (χ4v) is 2.19. The van der Waals surface area contributed by atoms with Gasteiger partial charge in [0.1, 0.15) is 0 Å². The van der Waals surface area contributed by atoms with E-state index in [2.05, 4.69) is 64.1 Å². The zero-order valence-electron chi connectivity index (χ0n) is 11.7. The van der Waals surface area contributed by atoms with Crippen molar-refractivity contribution in [3.63, 3.8) is 0 Å². The van der Waals surface area contributed by atoms with Crippen molar-refractivity contribution in [2.24, 2.45) is 0 Å². The van der Waals surface area contributed by atoms with Gasteiger partial charge in [-0.15, -0.1) is 10.2 Å². The molecule has 2 rings (SSSR count). The highest BCUT2D eigenvalue weighted by atomic mass is 15.5. The lowest BCUT2D eigenvalue weighted by Gasteiger charge is -2.17. The Morgan fingerprint density at radius 2 is 2.16 bits per heavy atom. The van der Waals surface area contributed by atoms with Gasteiger partial charge in [-0.1, -0.05) is 35.0 Å². The van der Waals surface area contributed by atoms with Crippen molar-refractivity contribution in [1.82, 2.24) is 25.9 Å². The molecule has 1 heterocycles. The fourth-order valence-electron chi connectivity index (χ4n) is 2.19. The number of benzene rings is 1. The molecule has 0 saturated heterocycles. The highest BCUT2D eigenvalue weighted by Crippen LogP contribution is 2.11. The molecule has 5 nitrogen and oxygen atoms in total. The van der Waals surface area contributed by atoms with E-state index in [9.17, 15) is 0 Å². The lowest BCUT2D eigenvalue weighted by Crippen LogP contribution is -2.30. The van der Waals surface area contributed by atoms with Crippen molar-refractivity contribution >= 4 is 0 Å². The maximum absolute atomic E-state index is 3.99. The van der Waals surface area contributed by atoms with Crippen LogP contribution in [0.5, 0.6) is 0 Å². The second kappa shape index (κ2) is 6.43. The first-order chi connectivity index (χ1) is 9.15. The van der Waals surface area contributed by atoms with Crippen LogP contribution in [-0.2, 0) is 6.42 Å². The van der Waals surface area contributed by atoms with E-state index in [4.69, 9.17) is 0 Å². The minimum atomic E-state index is 0.117. The number of tetrazole rings is 1. The molecule has 2 atom stereocenters. The summed E-state index contributed by atoms with van der Waals surface area (Å²) in [7, 11) is 0. The summed E-state index contributed by atoms with van der Waals surface area (Å²) in [6.45, 7) is 6.36. The molecule has 2 aromatic rings. The molecule has 0 aliphatic rings. The molecule has 1 aromatic carbocycles. The smallest absolute Gasteiger partial charge is 0.191 e. The number of nitrogens with one attached hydrogen (secondary N) is 2. The fraction of sp³-hybridized carbons (Fsp3) is 0.500. The molecule has 0 aliphatic heterocycles. The molecule has 0 aliphatic carbocycles. The number of hydrogen-bond acceptors (Lipinski definition) is 4. The molecule has 0 amide bonds. The summed E-state index contributed by atoms with van der Waals surface area (Å²) >= 11 is 0. The lowest BCUT2D eigenvalue weighted by molar-refractivity contribution is 0.443. The summed E-state index contributed by atoms with van der Waals surface area (Å²) in [5.41, 5.74) is 2.71. The third kappa shape index (κ3) is 4.13. The molecule has 0 radical (unpaired) electrons. The molecule has 0 spiro atoms. The normalized spacial score (nSPS) is 14.3. The van der Waals surface area contributed by atoms with E-state index in [1.54, 1.807) is 0 Å². The van der Waals surface area contributed by atoms with Crippen LogP contribution < -0.4 is 5.32 Å². The Labute approximate surface area is 113 Å². The average molecular weight is 259 g/mol. The van der Waals surface area contributed by atoms with Crippen LogP contribution in [0.4, 0.5) is 0 Å². The van der Waals surface area contributed by atoms with Crippen LogP contribution >= 0.6 is 0 Å². The Morgan fingerprint density at radius 3 is 2.84 bits per heavy atom. The quantitative estimate of drug-likeness (QED) is 0.834. The highest BCUT2D eigenvalue weighted by Gasteiger charge is 2.12. The number of H-pyrrole nitrogens is 1. The van der Waals surface area contributed by atoms with Gasteiger partial charge in [-0.25, -0.2) is 0 Å². The highest BCUT2D eigenvalue weighted by molar-refractivity contribution is 5.22. The van der Waals surface area contributed by atoms with Crippen molar-refractivity contribution in [2.75, 3.05) is 0 Å². The average Bonchev–Trinajstić information content (AvgIpc) is 2.90. The number of aromatic nitrogens is 4. The summed E-state index contributed by atoms with van der Waals surface area (Å²) in [6.07, 6.45) is 2.17. The van der Waals surface area contributed by atoms with Crippen molar-refractivity contribution in [3.8, 4) is 0 Å². The molecule has 5 heteroatoms. The van der Waals surface area contributed by atoms with Gasteiger partial charge in [-0.2, -0.15) is 5.21 Å². The molecule has 1 aromatic heterocycles. The molecule has 0 bridgehead atoms. The van der Waals surface area contributed by atoms with Crippen LogP contribution in [0.15, 0.2) is 24.3 Å². The van der Waals surface area contributed by atoms with Gasteiger partial charge in [-0.05, 0) is 39.2 Å². The Balaban J connectivity index is 1.80. The van der Waals surface area contributed by atoms with Crippen LogP contribution in [0, 0.1) is 6.92 Å². The van der Waals surface area contributed by atoms with E-state index in [1.807, 2.05) is 6.92 Å². The molecular weight excluding hydrogens is 238 g/mol. The lowest BCUT2D eigenvalue weighted by atomic mass is 10.0. The van der Waals surface area contributed by atoms with Gasteiger partial charge in [0.2, 0.25) is 0 Å². The second-order valence-electron chi connectivity index (χ2n) is 5.09. The third-order valence-corrected chi connectivity index (χ3v) is 3.23. The van der Waals surface area contributed by atoms with Crippen LogP contribution in [0.1, 0.15) is 43.3 Å². The van der Waals surface area contributed by atoms with Crippen LogP contribution in [0.2, 0.25) is 0 Å². The topological polar surface area (TPSA) is 66.5 Å². The summed E-state index contributed by atoms with van der Waals surface area (Å²) in [5, 5.41) is 17.5. The molecule has 2 unspecified atom stereocenters. The van der Waals surface area contributed by atoms with Gasteiger partial charge in [0.15, 0.2) is 5.82 Å². The third-order valence-electron chi connectivity index (χ3n) is 3.23. The van der Waals surface area contributed by atoms with E-state index in [-0.39, 0.29) is 6.04 Å². The first-order valence-electron chi connectivity index (χ1n) is 6.70. The summed E-state index contributed by atoms with van der Waals surface area (Å²) < 4.78 is 0. The molecular formula is C14H21N5. The maximum Gasteiger partial charge on any atom is 0.191 e. The van der Waals surface area contributed by atoms with Crippen LogP contribution in [0.25, 0.3) is 0 Å². The van der Waals surface area contributed by atoms with Crippen molar-refractivity contribution < 1.29 is 0 Å². The van der Waals surface area contributed by atoms with E-state index in [0.29, 0.717) is 11.9 Å². The van der Waals surface area contributed by atoms with Crippen LogP contribution in [-0.4, -0.2) is 26.7 Å². The summed E-state index contributed by atoms with van der Waals surface area (Å²) in [4.78, 5) is 0. The maximum atomic E-state index is 3.99. The minimum Gasteiger partial charge on any atom is -0.305 e.